The fourth-order valence-electron chi connectivity index (χ4n) is 3.41. The van der Waals surface area contributed by atoms with Crippen molar-refractivity contribution in [3.63, 3.8) is 0 Å². The van der Waals surface area contributed by atoms with E-state index in [1.807, 2.05) is 65.0 Å². The normalized spacial score (nSPS) is 16.8. The largest absolute Gasteiger partial charge is 0.357 e. The first-order valence-corrected chi connectivity index (χ1v) is 10.0. The maximum atomic E-state index is 12.9. The molecule has 1 amide bonds. The van der Waals surface area contributed by atoms with Crippen LogP contribution in [-0.4, -0.2) is 38.3 Å². The lowest BCUT2D eigenvalue weighted by atomic mass is 10.2. The third-order valence-corrected chi connectivity index (χ3v) is 5.60. The maximum Gasteiger partial charge on any atom is 0.249 e. The number of benzene rings is 1. The van der Waals surface area contributed by atoms with E-state index in [4.69, 9.17) is 0 Å². The Balaban J connectivity index is 1.39. The summed E-state index contributed by atoms with van der Waals surface area (Å²) in [7, 11) is 0. The van der Waals surface area contributed by atoms with Crippen molar-refractivity contribution in [2.24, 2.45) is 0 Å². The van der Waals surface area contributed by atoms with E-state index in [-0.39, 0.29) is 11.9 Å². The van der Waals surface area contributed by atoms with Gasteiger partial charge >= 0.3 is 0 Å². The quantitative estimate of drug-likeness (QED) is 0.578. The minimum absolute atomic E-state index is 0.0626. The van der Waals surface area contributed by atoms with Gasteiger partial charge in [0.25, 0.3) is 0 Å². The van der Waals surface area contributed by atoms with Crippen molar-refractivity contribution in [1.29, 1.82) is 0 Å². The average molecular weight is 390 g/mol. The number of amides is 1. The summed E-state index contributed by atoms with van der Waals surface area (Å²) < 4.78 is 1.71. The summed E-state index contributed by atoms with van der Waals surface area (Å²) in [6.07, 6.45) is 0.728. The Morgan fingerprint density at radius 1 is 1.11 bits per heavy atom. The summed E-state index contributed by atoms with van der Waals surface area (Å²) in [4.78, 5) is 14.7. The fraction of sp³-hybridized carbons (Fsp3) is 0.200. The van der Waals surface area contributed by atoms with Gasteiger partial charge in [-0.3, -0.25) is 4.79 Å². The molecule has 3 aromatic heterocycles. The number of rotatable bonds is 4. The van der Waals surface area contributed by atoms with E-state index in [1.165, 1.54) is 5.56 Å². The highest BCUT2D eigenvalue weighted by Crippen LogP contribution is 2.25. The maximum absolute atomic E-state index is 12.9. The Morgan fingerprint density at radius 2 is 1.96 bits per heavy atom. The Hall–Kier alpha value is -3.26. The Kier molecular flexibility index (Phi) is 4.05. The molecule has 0 bridgehead atoms. The Bertz CT molecular complexity index is 1140. The summed E-state index contributed by atoms with van der Waals surface area (Å²) in [5.41, 5.74) is 3.76. The van der Waals surface area contributed by atoms with Crippen LogP contribution in [0.2, 0.25) is 0 Å². The number of hydrogen-bond donors (Lipinski definition) is 1. The standard InChI is InChI=1S/C20H18N6OS/c1-13-2-4-15(5-3-13)25-10-8-16(20(25)27)21-17-6-7-18-22-23-19(26(18)24-17)14-9-11-28-12-14/h2-7,9,11-12,16H,8,10H2,1H3,(H,21,24). The topological polar surface area (TPSA) is 75.4 Å². The second-order valence-electron chi connectivity index (χ2n) is 6.84. The smallest absolute Gasteiger partial charge is 0.249 e. The van der Waals surface area contributed by atoms with Crippen LogP contribution < -0.4 is 10.2 Å². The molecule has 0 saturated carbocycles. The van der Waals surface area contributed by atoms with Gasteiger partial charge in [0.2, 0.25) is 5.91 Å². The lowest BCUT2D eigenvalue weighted by Gasteiger charge is -2.17. The lowest BCUT2D eigenvalue weighted by molar-refractivity contribution is -0.117. The summed E-state index contributed by atoms with van der Waals surface area (Å²) in [6, 6.07) is 13.4. The Morgan fingerprint density at radius 3 is 2.75 bits per heavy atom. The summed E-state index contributed by atoms with van der Waals surface area (Å²) >= 11 is 1.60. The van der Waals surface area contributed by atoms with Crippen molar-refractivity contribution >= 4 is 34.4 Å². The van der Waals surface area contributed by atoms with Crippen LogP contribution in [0.25, 0.3) is 17.0 Å². The van der Waals surface area contributed by atoms with Gasteiger partial charge < -0.3 is 10.2 Å². The van der Waals surface area contributed by atoms with E-state index in [9.17, 15) is 4.79 Å². The predicted octanol–water partition coefficient (Wildman–Crippen LogP) is 3.38. The Labute approximate surface area is 165 Å². The van der Waals surface area contributed by atoms with Gasteiger partial charge in [-0.05, 0) is 49.1 Å². The first kappa shape index (κ1) is 16.9. The van der Waals surface area contributed by atoms with E-state index < -0.39 is 0 Å². The highest BCUT2D eigenvalue weighted by atomic mass is 32.1. The van der Waals surface area contributed by atoms with Crippen LogP contribution in [0.4, 0.5) is 11.5 Å². The minimum atomic E-state index is -0.299. The van der Waals surface area contributed by atoms with Gasteiger partial charge in [0.15, 0.2) is 11.5 Å². The van der Waals surface area contributed by atoms with E-state index >= 15 is 0 Å². The second-order valence-corrected chi connectivity index (χ2v) is 7.62. The molecule has 140 valence electrons. The van der Waals surface area contributed by atoms with Gasteiger partial charge in [0.05, 0.1) is 0 Å². The number of fused-ring (bicyclic) bond motifs is 1. The number of nitrogens with one attached hydrogen (secondary N) is 1. The molecule has 4 aromatic rings. The van der Waals surface area contributed by atoms with Crippen molar-refractivity contribution in [3.8, 4) is 11.4 Å². The molecule has 28 heavy (non-hydrogen) atoms. The molecule has 1 saturated heterocycles. The van der Waals surface area contributed by atoms with E-state index in [0.29, 0.717) is 23.8 Å². The van der Waals surface area contributed by atoms with Crippen LogP contribution in [-0.2, 0) is 4.79 Å². The summed E-state index contributed by atoms with van der Waals surface area (Å²) in [5.74, 6) is 1.39. The van der Waals surface area contributed by atoms with Crippen LogP contribution in [0.15, 0.2) is 53.2 Å². The molecule has 0 spiro atoms. The summed E-state index contributed by atoms with van der Waals surface area (Å²) in [6.45, 7) is 2.73. The third kappa shape index (κ3) is 2.91. The molecule has 1 aliphatic heterocycles. The zero-order chi connectivity index (χ0) is 19.1. The molecule has 1 atom stereocenters. The SMILES string of the molecule is Cc1ccc(N2CCC(Nc3ccc4nnc(-c5ccsc5)n4n3)C2=O)cc1. The second kappa shape index (κ2) is 6.72. The average Bonchev–Trinajstić information content (AvgIpc) is 3.43. The predicted molar refractivity (Wildman–Crippen MR) is 110 cm³/mol. The van der Waals surface area contributed by atoms with Crippen molar-refractivity contribution in [2.45, 2.75) is 19.4 Å². The molecular formula is C20H18N6OS. The van der Waals surface area contributed by atoms with Crippen LogP contribution >= 0.6 is 11.3 Å². The number of thiophene rings is 1. The van der Waals surface area contributed by atoms with E-state index in [2.05, 4.69) is 20.6 Å². The molecule has 4 heterocycles. The molecule has 8 heteroatoms. The highest BCUT2D eigenvalue weighted by Gasteiger charge is 2.32. The van der Waals surface area contributed by atoms with E-state index in [1.54, 1.807) is 15.9 Å². The highest BCUT2D eigenvalue weighted by molar-refractivity contribution is 7.08. The first-order valence-electron chi connectivity index (χ1n) is 9.09. The minimum Gasteiger partial charge on any atom is -0.357 e. The van der Waals surface area contributed by atoms with Crippen LogP contribution in [0.3, 0.4) is 0 Å². The molecular weight excluding hydrogens is 372 g/mol. The van der Waals surface area contributed by atoms with Crippen LogP contribution in [0.5, 0.6) is 0 Å². The zero-order valence-electron chi connectivity index (χ0n) is 15.2. The van der Waals surface area contributed by atoms with Gasteiger partial charge in [-0.1, -0.05) is 17.7 Å². The molecule has 7 nitrogen and oxygen atoms in total. The fourth-order valence-corrected chi connectivity index (χ4v) is 4.05. The van der Waals surface area contributed by atoms with Crippen molar-refractivity contribution in [2.75, 3.05) is 16.8 Å². The third-order valence-electron chi connectivity index (χ3n) is 4.92. The van der Waals surface area contributed by atoms with E-state index in [0.717, 1.165) is 17.7 Å². The summed E-state index contributed by atoms with van der Waals surface area (Å²) in [5, 5.41) is 20.3. The van der Waals surface area contributed by atoms with Crippen molar-refractivity contribution < 1.29 is 4.79 Å². The monoisotopic (exact) mass is 390 g/mol. The molecule has 0 aliphatic carbocycles. The molecule has 1 unspecified atom stereocenters. The van der Waals surface area contributed by atoms with Crippen LogP contribution in [0.1, 0.15) is 12.0 Å². The van der Waals surface area contributed by atoms with Crippen molar-refractivity contribution in [1.82, 2.24) is 19.8 Å². The lowest BCUT2D eigenvalue weighted by Crippen LogP contribution is -2.33. The number of aromatic nitrogens is 4. The zero-order valence-corrected chi connectivity index (χ0v) is 16.1. The molecule has 1 aliphatic rings. The van der Waals surface area contributed by atoms with Crippen LogP contribution in [0, 0.1) is 6.92 Å². The molecule has 1 N–H and O–H groups in total. The molecule has 0 radical (unpaired) electrons. The van der Waals surface area contributed by atoms with Gasteiger partial charge in [-0.25, -0.2) is 0 Å². The van der Waals surface area contributed by atoms with Gasteiger partial charge in [-0.15, -0.1) is 15.3 Å². The molecule has 5 rings (SSSR count). The van der Waals surface area contributed by atoms with Gasteiger partial charge in [0, 0.05) is 23.2 Å². The number of hydrogen-bond acceptors (Lipinski definition) is 6. The number of aryl methyl sites for hydroxylation is 1. The number of nitrogens with zero attached hydrogens (tertiary/aromatic N) is 5. The molecule has 1 fully saturated rings. The number of anilines is 2. The number of carbonyl (C=O) groups is 1. The van der Waals surface area contributed by atoms with Gasteiger partial charge in [-0.2, -0.15) is 15.9 Å². The van der Waals surface area contributed by atoms with Gasteiger partial charge in [0.1, 0.15) is 11.9 Å². The van der Waals surface area contributed by atoms with Crippen molar-refractivity contribution in [3.05, 3.63) is 58.8 Å². The number of carbonyl (C=O) groups excluding carboxylic acids is 1. The molecule has 1 aromatic carbocycles. The first-order chi connectivity index (χ1) is 13.7.